The summed E-state index contributed by atoms with van der Waals surface area (Å²) in [4.78, 5) is 13.1. The molecule has 4 aromatic heterocycles. The summed E-state index contributed by atoms with van der Waals surface area (Å²) in [6.45, 7) is 7.29. The topological polar surface area (TPSA) is 116 Å². The number of nitrogens with one attached hydrogen (secondary N) is 2. The fourth-order valence-electron chi connectivity index (χ4n) is 5.67. The summed E-state index contributed by atoms with van der Waals surface area (Å²) in [6, 6.07) is 6.63. The number of anilines is 2. The van der Waals surface area contributed by atoms with Crippen LogP contribution in [0.3, 0.4) is 0 Å². The van der Waals surface area contributed by atoms with Gasteiger partial charge in [0, 0.05) is 41.7 Å². The smallest absolute Gasteiger partial charge is 0.145 e. The molecular weight excluding hydrogens is 482 g/mol. The number of aryl methyl sites for hydroxylation is 3. The van der Waals surface area contributed by atoms with Crippen molar-refractivity contribution in [3.8, 4) is 16.9 Å². The van der Waals surface area contributed by atoms with Gasteiger partial charge in [-0.25, -0.2) is 14.6 Å². The quantitative estimate of drug-likeness (QED) is 0.290. The monoisotopic (exact) mass is 513 g/mol. The number of benzene rings is 1. The van der Waals surface area contributed by atoms with Crippen molar-refractivity contribution in [1.82, 2.24) is 29.9 Å². The number of nitrogens with zero attached hydrogens (tertiary/aromatic N) is 5. The van der Waals surface area contributed by atoms with Gasteiger partial charge >= 0.3 is 0 Å². The standard InChI is InChI=1S/C28H31N7O3/c1-14-25(15(2)38-34-14)20-11-22-19(12-23(20)36-4)26-27(31-22)29-16(3)30-28(26)32-24-13-21(17-5-6-17)33-35(24)18-7-9-37-10-8-18/h11-13,17-18H,5-10H2,1-4H3,(H2,29,30,31,32). The van der Waals surface area contributed by atoms with Crippen molar-refractivity contribution in [2.24, 2.45) is 0 Å². The number of methoxy groups -OCH3 is 1. The fourth-order valence-corrected chi connectivity index (χ4v) is 5.67. The molecule has 0 amide bonds. The largest absolute Gasteiger partial charge is 0.496 e. The van der Waals surface area contributed by atoms with Gasteiger partial charge in [0.25, 0.3) is 0 Å². The predicted octanol–water partition coefficient (Wildman–Crippen LogP) is 5.87. The summed E-state index contributed by atoms with van der Waals surface area (Å²) in [5.41, 5.74) is 5.56. The zero-order valence-corrected chi connectivity index (χ0v) is 22.1. The first-order valence-electron chi connectivity index (χ1n) is 13.3. The zero-order valence-electron chi connectivity index (χ0n) is 22.1. The lowest BCUT2D eigenvalue weighted by molar-refractivity contribution is 0.0667. The summed E-state index contributed by atoms with van der Waals surface area (Å²) in [7, 11) is 1.68. The molecule has 5 aromatic rings. The van der Waals surface area contributed by atoms with Crippen LogP contribution >= 0.6 is 0 Å². The molecule has 0 atom stereocenters. The molecule has 1 aliphatic heterocycles. The second kappa shape index (κ2) is 8.83. The van der Waals surface area contributed by atoms with Crippen LogP contribution in [-0.4, -0.2) is 50.2 Å². The lowest BCUT2D eigenvalue weighted by atomic mass is 10.0. The Bertz CT molecular complexity index is 1650. The maximum atomic E-state index is 5.85. The molecule has 2 fully saturated rings. The highest BCUT2D eigenvalue weighted by atomic mass is 16.5. The van der Waals surface area contributed by atoms with Gasteiger partial charge in [-0.1, -0.05) is 5.16 Å². The van der Waals surface area contributed by atoms with Gasteiger partial charge < -0.3 is 24.3 Å². The van der Waals surface area contributed by atoms with Crippen molar-refractivity contribution in [3.05, 3.63) is 41.2 Å². The summed E-state index contributed by atoms with van der Waals surface area (Å²) in [5.74, 6) is 4.45. The fraction of sp³-hybridized carbons (Fsp3) is 0.429. The Labute approximate surface area is 219 Å². The van der Waals surface area contributed by atoms with Gasteiger partial charge in [-0.2, -0.15) is 5.10 Å². The molecule has 2 aliphatic rings. The Hall–Kier alpha value is -3.92. The number of H-pyrrole nitrogens is 1. The molecule has 1 aliphatic carbocycles. The molecule has 5 heterocycles. The van der Waals surface area contributed by atoms with E-state index < -0.39 is 0 Å². The molecule has 38 heavy (non-hydrogen) atoms. The Kier molecular flexibility index (Phi) is 5.40. The second-order valence-electron chi connectivity index (χ2n) is 10.4. The van der Waals surface area contributed by atoms with Crippen molar-refractivity contribution in [2.45, 2.75) is 58.4 Å². The van der Waals surface area contributed by atoms with Gasteiger partial charge in [-0.15, -0.1) is 0 Å². The molecule has 1 saturated heterocycles. The minimum Gasteiger partial charge on any atom is -0.496 e. The average Bonchev–Trinajstić information content (AvgIpc) is 3.46. The third-order valence-electron chi connectivity index (χ3n) is 7.72. The molecule has 196 valence electrons. The summed E-state index contributed by atoms with van der Waals surface area (Å²) in [6.07, 6.45) is 4.31. The first-order chi connectivity index (χ1) is 18.5. The van der Waals surface area contributed by atoms with E-state index in [9.17, 15) is 0 Å². The predicted molar refractivity (Wildman–Crippen MR) is 144 cm³/mol. The minimum absolute atomic E-state index is 0.304. The summed E-state index contributed by atoms with van der Waals surface area (Å²) >= 11 is 0. The van der Waals surface area contributed by atoms with Crippen LogP contribution in [0, 0.1) is 20.8 Å². The number of aromatic amines is 1. The highest BCUT2D eigenvalue weighted by Crippen LogP contribution is 2.43. The summed E-state index contributed by atoms with van der Waals surface area (Å²) < 4.78 is 19.1. The zero-order chi connectivity index (χ0) is 26.0. The van der Waals surface area contributed by atoms with Gasteiger partial charge in [-0.3, -0.25) is 0 Å². The van der Waals surface area contributed by atoms with Gasteiger partial charge in [0.2, 0.25) is 0 Å². The lowest BCUT2D eigenvalue weighted by Crippen LogP contribution is -2.21. The van der Waals surface area contributed by atoms with Gasteiger partial charge in [-0.05, 0) is 58.6 Å². The van der Waals surface area contributed by atoms with Crippen LogP contribution in [0.5, 0.6) is 5.75 Å². The first kappa shape index (κ1) is 23.2. The maximum absolute atomic E-state index is 5.85. The SMILES string of the molecule is COc1cc2c(cc1-c1c(C)noc1C)[nH]c1nc(C)nc(Nc3cc(C4CC4)nn3C3CCOCC3)c12. The number of hydrogen-bond acceptors (Lipinski definition) is 8. The minimum atomic E-state index is 0.304. The highest BCUT2D eigenvalue weighted by Gasteiger charge is 2.30. The van der Waals surface area contributed by atoms with Crippen LogP contribution < -0.4 is 10.1 Å². The van der Waals surface area contributed by atoms with Crippen LogP contribution in [-0.2, 0) is 4.74 Å². The number of hydrogen-bond donors (Lipinski definition) is 2. The average molecular weight is 514 g/mol. The number of rotatable bonds is 6. The van der Waals surface area contributed by atoms with E-state index in [0.717, 1.165) is 93.7 Å². The summed E-state index contributed by atoms with van der Waals surface area (Å²) in [5, 5.41) is 14.7. The molecule has 7 rings (SSSR count). The molecule has 0 unspecified atom stereocenters. The highest BCUT2D eigenvalue weighted by molar-refractivity contribution is 6.13. The number of ether oxygens (including phenoxy) is 2. The second-order valence-corrected chi connectivity index (χ2v) is 10.4. The van der Waals surface area contributed by atoms with E-state index in [2.05, 4.69) is 32.3 Å². The maximum Gasteiger partial charge on any atom is 0.145 e. The third kappa shape index (κ3) is 3.82. The molecule has 1 aromatic carbocycles. The molecule has 10 nitrogen and oxygen atoms in total. The van der Waals surface area contributed by atoms with Crippen LogP contribution in [0.1, 0.15) is 60.6 Å². The lowest BCUT2D eigenvalue weighted by Gasteiger charge is -2.24. The third-order valence-corrected chi connectivity index (χ3v) is 7.72. The van der Waals surface area contributed by atoms with Gasteiger partial charge in [0.15, 0.2) is 0 Å². The molecule has 0 spiro atoms. The Morgan fingerprint density at radius 3 is 2.58 bits per heavy atom. The number of fused-ring (bicyclic) bond motifs is 3. The van der Waals surface area contributed by atoms with Gasteiger partial charge in [0.1, 0.15) is 34.6 Å². The van der Waals surface area contributed by atoms with E-state index in [4.69, 9.17) is 29.1 Å². The van der Waals surface area contributed by atoms with Crippen LogP contribution in [0.25, 0.3) is 33.1 Å². The van der Waals surface area contributed by atoms with Gasteiger partial charge in [0.05, 0.1) is 35.5 Å². The Morgan fingerprint density at radius 2 is 1.87 bits per heavy atom. The van der Waals surface area contributed by atoms with Crippen LogP contribution in [0.4, 0.5) is 11.6 Å². The van der Waals surface area contributed by atoms with E-state index >= 15 is 0 Å². The molecule has 1 saturated carbocycles. The first-order valence-corrected chi connectivity index (χ1v) is 13.3. The van der Waals surface area contributed by atoms with E-state index in [1.54, 1.807) is 7.11 Å². The van der Waals surface area contributed by atoms with E-state index in [-0.39, 0.29) is 0 Å². The Morgan fingerprint density at radius 1 is 1.05 bits per heavy atom. The normalized spacial score (nSPS) is 16.5. The van der Waals surface area contributed by atoms with Crippen molar-refractivity contribution in [3.63, 3.8) is 0 Å². The molecule has 2 N–H and O–H groups in total. The van der Waals surface area contributed by atoms with Crippen molar-refractivity contribution in [1.29, 1.82) is 0 Å². The Balaban J connectivity index is 1.38. The van der Waals surface area contributed by atoms with Crippen LogP contribution in [0.15, 0.2) is 22.7 Å². The van der Waals surface area contributed by atoms with Crippen LogP contribution in [0.2, 0.25) is 0 Å². The van der Waals surface area contributed by atoms with E-state index in [1.807, 2.05) is 26.8 Å². The molecule has 0 radical (unpaired) electrons. The van der Waals surface area contributed by atoms with Crippen molar-refractivity contribution in [2.75, 3.05) is 25.6 Å². The van der Waals surface area contributed by atoms with Crippen molar-refractivity contribution >= 4 is 33.6 Å². The van der Waals surface area contributed by atoms with E-state index in [0.29, 0.717) is 17.8 Å². The molecule has 10 heteroatoms. The van der Waals surface area contributed by atoms with E-state index in [1.165, 1.54) is 12.8 Å². The molecule has 0 bridgehead atoms. The number of aromatic nitrogens is 6. The van der Waals surface area contributed by atoms with Crippen molar-refractivity contribution < 1.29 is 14.0 Å². The molecular formula is C28H31N7O3.